The maximum atomic E-state index is 5.15. The standard InChI is InChI=1S/C56H44N2/c1-37(31-54(39-17-6-3-7-18-39)57-36-38-15-4-2-5-16-38)44-29-30-49(46-20-9-8-19-45(44)46)53-35-42-32-40-27-28-43(33-41(40)34-52(42)47-23-14-24-48(47)53)58-55-25-12-10-21-50(55)51-22-11-13-26-56(51)58/h2-23,25-34,47-48,53H,24,35-36H2,1H3/b37-31+,57-54+. The Labute approximate surface area is 340 Å². The van der Waals surface area contributed by atoms with Gasteiger partial charge in [0, 0.05) is 22.4 Å². The highest BCUT2D eigenvalue weighted by Gasteiger charge is 2.39. The van der Waals surface area contributed by atoms with Crippen molar-refractivity contribution in [2.45, 2.75) is 38.1 Å². The van der Waals surface area contributed by atoms with Gasteiger partial charge in [0.15, 0.2) is 0 Å². The zero-order valence-corrected chi connectivity index (χ0v) is 32.7. The van der Waals surface area contributed by atoms with Crippen LogP contribution in [-0.2, 0) is 13.0 Å². The Balaban J connectivity index is 0.966. The van der Waals surface area contributed by atoms with Gasteiger partial charge in [0.1, 0.15) is 0 Å². The van der Waals surface area contributed by atoms with Gasteiger partial charge >= 0.3 is 0 Å². The van der Waals surface area contributed by atoms with Gasteiger partial charge in [0.2, 0.25) is 0 Å². The zero-order chi connectivity index (χ0) is 38.6. The summed E-state index contributed by atoms with van der Waals surface area (Å²) in [5.74, 6) is 1.37. The average molecular weight is 745 g/mol. The van der Waals surface area contributed by atoms with E-state index < -0.39 is 0 Å². The molecule has 278 valence electrons. The SMILES string of the molecule is C/C(=C\C(=N/Cc1ccccc1)c1ccccc1)c1ccc(C2Cc3cc4ccc(-n5c6ccccc6c6ccccc65)cc4cc3C3C=CCC32)c2ccccc12. The summed E-state index contributed by atoms with van der Waals surface area (Å²) in [4.78, 5) is 5.15. The number of aliphatic imine (C=N–C) groups is 1. The van der Waals surface area contributed by atoms with Crippen LogP contribution in [0.3, 0.4) is 0 Å². The molecule has 0 saturated carbocycles. The zero-order valence-electron chi connectivity index (χ0n) is 32.7. The molecule has 2 nitrogen and oxygen atoms in total. The van der Waals surface area contributed by atoms with E-state index in [0.29, 0.717) is 24.3 Å². The molecule has 0 spiro atoms. The number of fused-ring (bicyclic) bond motifs is 8. The van der Waals surface area contributed by atoms with Crippen molar-refractivity contribution in [1.29, 1.82) is 0 Å². The van der Waals surface area contributed by atoms with Crippen LogP contribution in [0.5, 0.6) is 0 Å². The van der Waals surface area contributed by atoms with Crippen molar-refractivity contribution in [3.63, 3.8) is 0 Å². The Bertz CT molecular complexity index is 3050. The maximum absolute atomic E-state index is 5.15. The predicted molar refractivity (Wildman–Crippen MR) is 245 cm³/mol. The maximum Gasteiger partial charge on any atom is 0.0653 e. The topological polar surface area (TPSA) is 17.3 Å². The molecule has 0 radical (unpaired) electrons. The van der Waals surface area contributed by atoms with Crippen LogP contribution in [-0.4, -0.2) is 10.3 Å². The summed E-state index contributed by atoms with van der Waals surface area (Å²) in [6.45, 7) is 2.89. The van der Waals surface area contributed by atoms with Crippen molar-refractivity contribution in [1.82, 2.24) is 4.57 Å². The van der Waals surface area contributed by atoms with E-state index in [2.05, 4.69) is 206 Å². The Hall–Kier alpha value is -6.77. The van der Waals surface area contributed by atoms with Gasteiger partial charge in [-0.05, 0) is 122 Å². The van der Waals surface area contributed by atoms with E-state index in [9.17, 15) is 0 Å². The quantitative estimate of drug-likeness (QED) is 0.114. The molecule has 0 saturated heterocycles. The molecule has 2 aliphatic rings. The fraction of sp³-hybridized carbons (Fsp3) is 0.125. The van der Waals surface area contributed by atoms with Crippen molar-refractivity contribution in [2.75, 3.05) is 0 Å². The lowest BCUT2D eigenvalue weighted by molar-refractivity contribution is 0.384. The van der Waals surface area contributed by atoms with Gasteiger partial charge in [-0.25, -0.2) is 0 Å². The van der Waals surface area contributed by atoms with Crippen LogP contribution >= 0.6 is 0 Å². The smallest absolute Gasteiger partial charge is 0.0653 e. The van der Waals surface area contributed by atoms with Crippen molar-refractivity contribution in [3.05, 3.63) is 228 Å². The highest BCUT2D eigenvalue weighted by molar-refractivity contribution is 6.13. The van der Waals surface area contributed by atoms with E-state index in [1.54, 1.807) is 0 Å². The number of rotatable bonds is 7. The largest absolute Gasteiger partial charge is 0.309 e. The third-order valence-electron chi connectivity index (χ3n) is 12.9. The monoisotopic (exact) mass is 744 g/mol. The lowest BCUT2D eigenvalue weighted by Gasteiger charge is -2.37. The molecule has 1 aromatic heterocycles. The van der Waals surface area contributed by atoms with E-state index in [1.807, 2.05) is 0 Å². The van der Waals surface area contributed by atoms with Crippen LogP contribution in [0, 0.1) is 5.92 Å². The fourth-order valence-electron chi connectivity index (χ4n) is 10.2. The molecule has 0 bridgehead atoms. The highest BCUT2D eigenvalue weighted by Crippen LogP contribution is 2.52. The fourth-order valence-corrected chi connectivity index (χ4v) is 10.2. The van der Waals surface area contributed by atoms with Gasteiger partial charge < -0.3 is 4.57 Å². The van der Waals surface area contributed by atoms with Gasteiger partial charge in [-0.15, -0.1) is 0 Å². The molecule has 0 fully saturated rings. The van der Waals surface area contributed by atoms with Crippen LogP contribution in [0.2, 0.25) is 0 Å². The normalized spacial score (nSPS) is 18.0. The molecular weight excluding hydrogens is 701 g/mol. The molecular formula is C56H44N2. The Morgan fingerprint density at radius 1 is 0.621 bits per heavy atom. The predicted octanol–water partition coefficient (Wildman–Crippen LogP) is 14.2. The summed E-state index contributed by atoms with van der Waals surface area (Å²) < 4.78 is 2.43. The van der Waals surface area contributed by atoms with Crippen LogP contribution in [0.1, 0.15) is 58.6 Å². The molecule has 2 aliphatic carbocycles. The molecule has 11 rings (SSSR count). The first-order chi connectivity index (χ1) is 28.7. The van der Waals surface area contributed by atoms with Crippen molar-refractivity contribution in [2.24, 2.45) is 10.9 Å². The summed E-state index contributed by atoms with van der Waals surface area (Å²) in [6.07, 6.45) is 9.39. The lowest BCUT2D eigenvalue weighted by Crippen LogP contribution is -2.25. The molecule has 3 unspecified atom stereocenters. The molecule has 3 atom stereocenters. The molecule has 1 heterocycles. The second kappa shape index (κ2) is 14.3. The number of hydrogen-bond acceptors (Lipinski definition) is 1. The van der Waals surface area contributed by atoms with E-state index in [-0.39, 0.29) is 0 Å². The third kappa shape index (κ3) is 5.91. The first kappa shape index (κ1) is 34.5. The third-order valence-corrected chi connectivity index (χ3v) is 12.9. The van der Waals surface area contributed by atoms with Crippen LogP contribution < -0.4 is 0 Å². The number of aromatic nitrogens is 1. The summed E-state index contributed by atoms with van der Waals surface area (Å²) in [5.41, 5.74) is 14.0. The molecule has 9 aromatic rings. The number of para-hydroxylation sites is 2. The van der Waals surface area contributed by atoms with Crippen LogP contribution in [0.25, 0.3) is 54.6 Å². The van der Waals surface area contributed by atoms with Gasteiger partial charge in [0.25, 0.3) is 0 Å². The average Bonchev–Trinajstić information content (AvgIpc) is 3.91. The van der Waals surface area contributed by atoms with E-state index in [0.717, 1.165) is 24.1 Å². The summed E-state index contributed by atoms with van der Waals surface area (Å²) in [7, 11) is 0. The van der Waals surface area contributed by atoms with E-state index in [1.165, 1.54) is 82.4 Å². The highest BCUT2D eigenvalue weighted by atomic mass is 15.0. The van der Waals surface area contributed by atoms with E-state index in [4.69, 9.17) is 4.99 Å². The number of nitrogens with zero attached hydrogens (tertiary/aromatic N) is 2. The lowest BCUT2D eigenvalue weighted by atomic mass is 9.67. The number of hydrogen-bond donors (Lipinski definition) is 0. The van der Waals surface area contributed by atoms with Crippen molar-refractivity contribution in [3.8, 4) is 5.69 Å². The number of benzene rings is 8. The summed E-state index contributed by atoms with van der Waals surface area (Å²) in [6, 6.07) is 64.7. The van der Waals surface area contributed by atoms with Crippen LogP contribution in [0.4, 0.5) is 0 Å². The first-order valence-electron chi connectivity index (χ1n) is 20.7. The Kier molecular flexibility index (Phi) is 8.51. The number of allylic oxidation sites excluding steroid dienone is 4. The van der Waals surface area contributed by atoms with Crippen molar-refractivity contribution >= 4 is 54.6 Å². The Morgan fingerprint density at radius 3 is 2.05 bits per heavy atom. The minimum absolute atomic E-state index is 0.407. The minimum Gasteiger partial charge on any atom is -0.309 e. The molecule has 0 amide bonds. The first-order valence-corrected chi connectivity index (χ1v) is 20.7. The van der Waals surface area contributed by atoms with E-state index >= 15 is 0 Å². The molecule has 2 heteroatoms. The molecule has 8 aromatic carbocycles. The summed E-state index contributed by atoms with van der Waals surface area (Å²) in [5, 5.41) is 7.90. The molecule has 0 N–H and O–H groups in total. The second-order valence-electron chi connectivity index (χ2n) is 16.2. The second-order valence-corrected chi connectivity index (χ2v) is 16.2. The summed E-state index contributed by atoms with van der Waals surface area (Å²) >= 11 is 0. The van der Waals surface area contributed by atoms with Gasteiger partial charge in [-0.3, -0.25) is 4.99 Å². The Morgan fingerprint density at radius 2 is 1.29 bits per heavy atom. The van der Waals surface area contributed by atoms with Gasteiger partial charge in [-0.2, -0.15) is 0 Å². The van der Waals surface area contributed by atoms with Crippen LogP contribution in [0.15, 0.2) is 199 Å². The van der Waals surface area contributed by atoms with Crippen molar-refractivity contribution < 1.29 is 0 Å². The minimum atomic E-state index is 0.407. The molecule has 58 heavy (non-hydrogen) atoms. The van der Waals surface area contributed by atoms with Gasteiger partial charge in [0.05, 0.1) is 23.3 Å². The van der Waals surface area contributed by atoms with Gasteiger partial charge in [-0.1, -0.05) is 164 Å². The molecule has 0 aliphatic heterocycles.